The molecule has 0 saturated carbocycles. The summed E-state index contributed by atoms with van der Waals surface area (Å²) >= 11 is 1.31. The summed E-state index contributed by atoms with van der Waals surface area (Å²) in [5.41, 5.74) is 1.64. The van der Waals surface area contributed by atoms with Crippen LogP contribution >= 0.6 is 11.3 Å². The predicted octanol–water partition coefficient (Wildman–Crippen LogP) is 3.21. The number of amides is 1. The molecule has 1 aromatic heterocycles. The summed E-state index contributed by atoms with van der Waals surface area (Å²) in [6.45, 7) is -0.465. The Labute approximate surface area is 145 Å². The van der Waals surface area contributed by atoms with Crippen LogP contribution in [-0.2, 0) is 16.0 Å². The van der Waals surface area contributed by atoms with Crippen LogP contribution in [-0.4, -0.2) is 36.7 Å². The minimum atomic E-state index is -4.30. The monoisotopic (exact) mass is 372 g/mol. The Morgan fingerprint density at radius 3 is 2.52 bits per heavy atom. The highest BCUT2D eigenvalue weighted by atomic mass is 32.1. The van der Waals surface area contributed by atoms with Crippen molar-refractivity contribution in [1.29, 1.82) is 0 Å². The largest absolute Gasteiger partial charge is 0.469 e. The average molecular weight is 372 g/mol. The highest BCUT2D eigenvalue weighted by Crippen LogP contribution is 2.23. The van der Waals surface area contributed by atoms with Gasteiger partial charge in [0, 0.05) is 23.1 Å². The van der Waals surface area contributed by atoms with Gasteiger partial charge in [-0.25, -0.2) is 4.98 Å². The van der Waals surface area contributed by atoms with Crippen molar-refractivity contribution in [3.8, 4) is 11.3 Å². The minimum absolute atomic E-state index is 0.0842. The van der Waals surface area contributed by atoms with Gasteiger partial charge in [-0.15, -0.1) is 11.3 Å². The Morgan fingerprint density at radius 2 is 1.92 bits per heavy atom. The number of rotatable bonds is 6. The van der Waals surface area contributed by atoms with Gasteiger partial charge in [0.25, 0.3) is 5.91 Å². The highest BCUT2D eigenvalue weighted by molar-refractivity contribution is 7.10. The van der Waals surface area contributed by atoms with E-state index in [9.17, 15) is 22.8 Å². The van der Waals surface area contributed by atoms with Crippen molar-refractivity contribution in [2.45, 2.75) is 19.0 Å². The third-order valence-electron chi connectivity index (χ3n) is 3.21. The van der Waals surface area contributed by atoms with Gasteiger partial charge < -0.3 is 10.1 Å². The van der Waals surface area contributed by atoms with Gasteiger partial charge in [-0.1, -0.05) is 12.1 Å². The lowest BCUT2D eigenvalue weighted by Gasteiger charge is -2.08. The van der Waals surface area contributed by atoms with E-state index in [4.69, 9.17) is 0 Å². The summed E-state index contributed by atoms with van der Waals surface area (Å²) in [5, 5.41) is 4.60. The molecule has 1 N–H and O–H groups in total. The number of halogens is 3. The standard InChI is InChI=1S/C16H15F3N2O3S/c1-24-14(22)8-13-21-12(9-25-13)10-2-4-11(5-3-10)15(23)20-7-6-16(17,18)19/h2-5,9H,6-8H2,1H3,(H,20,23). The number of aromatic nitrogens is 1. The van der Waals surface area contributed by atoms with Crippen molar-refractivity contribution in [3.05, 3.63) is 40.2 Å². The molecule has 9 heteroatoms. The van der Waals surface area contributed by atoms with Crippen LogP contribution in [0.3, 0.4) is 0 Å². The predicted molar refractivity (Wildman–Crippen MR) is 86.3 cm³/mol. The molecule has 0 radical (unpaired) electrons. The van der Waals surface area contributed by atoms with Gasteiger partial charge in [-0.05, 0) is 12.1 Å². The Bertz CT molecular complexity index is 742. The summed E-state index contributed by atoms with van der Waals surface area (Å²) < 4.78 is 40.8. The number of carbonyl (C=O) groups is 2. The van der Waals surface area contributed by atoms with Crippen LogP contribution in [0.5, 0.6) is 0 Å². The van der Waals surface area contributed by atoms with Crippen LogP contribution in [0.2, 0.25) is 0 Å². The molecule has 0 bridgehead atoms. The van der Waals surface area contributed by atoms with E-state index >= 15 is 0 Å². The van der Waals surface area contributed by atoms with E-state index in [0.29, 0.717) is 10.7 Å². The van der Waals surface area contributed by atoms with Crippen LogP contribution < -0.4 is 5.32 Å². The van der Waals surface area contributed by atoms with E-state index < -0.39 is 25.0 Å². The summed E-state index contributed by atoms with van der Waals surface area (Å²) in [6.07, 6.45) is -5.29. The van der Waals surface area contributed by atoms with Crippen LogP contribution in [0, 0.1) is 0 Å². The number of hydrogen-bond acceptors (Lipinski definition) is 5. The lowest BCUT2D eigenvalue weighted by molar-refractivity contribution is -0.139. The fourth-order valence-electron chi connectivity index (χ4n) is 1.93. The number of thiazole rings is 1. The quantitative estimate of drug-likeness (QED) is 0.791. The van der Waals surface area contributed by atoms with E-state index in [1.54, 1.807) is 17.5 Å². The fraction of sp³-hybridized carbons (Fsp3) is 0.312. The first-order valence-corrected chi connectivity index (χ1v) is 8.13. The maximum absolute atomic E-state index is 12.1. The maximum Gasteiger partial charge on any atom is 0.390 e. The fourth-order valence-corrected chi connectivity index (χ4v) is 2.72. The molecule has 1 heterocycles. The summed E-state index contributed by atoms with van der Waals surface area (Å²) in [4.78, 5) is 27.3. The second-order valence-electron chi connectivity index (χ2n) is 5.08. The van der Waals surface area contributed by atoms with E-state index in [0.717, 1.165) is 5.56 Å². The van der Waals surface area contributed by atoms with Crippen LogP contribution in [0.1, 0.15) is 21.8 Å². The van der Waals surface area contributed by atoms with E-state index in [-0.39, 0.29) is 18.0 Å². The van der Waals surface area contributed by atoms with Gasteiger partial charge >= 0.3 is 12.1 Å². The van der Waals surface area contributed by atoms with Gasteiger partial charge in [0.2, 0.25) is 0 Å². The van der Waals surface area contributed by atoms with Gasteiger partial charge in [0.15, 0.2) is 0 Å². The number of benzene rings is 1. The minimum Gasteiger partial charge on any atom is -0.469 e. The second kappa shape index (κ2) is 8.11. The maximum atomic E-state index is 12.1. The summed E-state index contributed by atoms with van der Waals surface area (Å²) in [7, 11) is 1.30. The Kier molecular flexibility index (Phi) is 6.13. The number of hydrogen-bond donors (Lipinski definition) is 1. The van der Waals surface area contributed by atoms with Crippen molar-refractivity contribution in [1.82, 2.24) is 10.3 Å². The molecule has 1 aromatic carbocycles. The molecule has 2 aromatic rings. The Morgan fingerprint density at radius 1 is 1.24 bits per heavy atom. The molecule has 0 aliphatic heterocycles. The van der Waals surface area contributed by atoms with Gasteiger partial charge in [-0.3, -0.25) is 9.59 Å². The Balaban J connectivity index is 1.97. The molecule has 5 nitrogen and oxygen atoms in total. The molecular formula is C16H15F3N2O3S. The molecule has 0 aliphatic rings. The van der Waals surface area contributed by atoms with Crippen molar-refractivity contribution < 1.29 is 27.5 Å². The zero-order valence-electron chi connectivity index (χ0n) is 13.2. The molecule has 0 saturated heterocycles. The molecule has 1 amide bonds. The number of nitrogens with zero attached hydrogens (tertiary/aromatic N) is 1. The molecule has 2 rings (SSSR count). The first-order valence-electron chi connectivity index (χ1n) is 7.25. The number of alkyl halides is 3. The third kappa shape index (κ3) is 5.86. The van der Waals surface area contributed by atoms with Crippen molar-refractivity contribution >= 4 is 23.2 Å². The first kappa shape index (κ1) is 18.9. The molecule has 0 spiro atoms. The average Bonchev–Trinajstić information content (AvgIpc) is 3.02. The van der Waals surface area contributed by atoms with Crippen LogP contribution in [0.15, 0.2) is 29.6 Å². The first-order chi connectivity index (χ1) is 11.8. The summed E-state index contributed by atoms with van der Waals surface area (Å²) in [5.74, 6) is -0.952. The lowest BCUT2D eigenvalue weighted by Crippen LogP contribution is -2.27. The lowest BCUT2D eigenvalue weighted by atomic mass is 10.1. The molecule has 0 aliphatic carbocycles. The normalized spacial score (nSPS) is 11.2. The van der Waals surface area contributed by atoms with Crippen molar-refractivity contribution in [3.63, 3.8) is 0 Å². The smallest absolute Gasteiger partial charge is 0.390 e. The van der Waals surface area contributed by atoms with E-state index in [2.05, 4.69) is 15.0 Å². The van der Waals surface area contributed by atoms with Gasteiger partial charge in [0.1, 0.15) is 5.01 Å². The molecule has 0 unspecified atom stereocenters. The zero-order valence-corrected chi connectivity index (χ0v) is 14.0. The van der Waals surface area contributed by atoms with Crippen molar-refractivity contribution in [2.75, 3.05) is 13.7 Å². The van der Waals surface area contributed by atoms with Crippen LogP contribution in [0.4, 0.5) is 13.2 Å². The molecule has 134 valence electrons. The topological polar surface area (TPSA) is 68.3 Å². The Hall–Kier alpha value is -2.42. The van der Waals surface area contributed by atoms with Gasteiger partial charge in [-0.2, -0.15) is 13.2 Å². The van der Waals surface area contributed by atoms with Gasteiger partial charge in [0.05, 0.1) is 25.6 Å². The zero-order chi connectivity index (χ0) is 18.4. The van der Waals surface area contributed by atoms with E-state index in [1.807, 2.05) is 0 Å². The highest BCUT2D eigenvalue weighted by Gasteiger charge is 2.26. The molecule has 0 atom stereocenters. The molecule has 0 fully saturated rings. The van der Waals surface area contributed by atoms with E-state index in [1.165, 1.54) is 30.6 Å². The third-order valence-corrected chi connectivity index (χ3v) is 4.06. The number of carbonyl (C=O) groups excluding carboxylic acids is 2. The summed E-state index contributed by atoms with van der Waals surface area (Å²) in [6, 6.07) is 6.32. The van der Waals surface area contributed by atoms with Crippen molar-refractivity contribution in [2.24, 2.45) is 0 Å². The molecule has 25 heavy (non-hydrogen) atoms. The number of nitrogens with one attached hydrogen (secondary N) is 1. The number of esters is 1. The number of methoxy groups -OCH3 is 1. The second-order valence-corrected chi connectivity index (χ2v) is 6.02. The molecular weight excluding hydrogens is 357 g/mol. The van der Waals surface area contributed by atoms with Crippen LogP contribution in [0.25, 0.3) is 11.3 Å². The number of ether oxygens (including phenoxy) is 1. The SMILES string of the molecule is COC(=O)Cc1nc(-c2ccc(C(=O)NCCC(F)(F)F)cc2)cs1.